The first-order chi connectivity index (χ1) is 7.15. The third-order valence-electron chi connectivity index (χ3n) is 2.65. The van der Waals surface area contributed by atoms with Crippen molar-refractivity contribution in [3.63, 3.8) is 0 Å². The number of aliphatic carboxylic acids is 1. The van der Waals surface area contributed by atoms with Crippen LogP contribution in [0, 0.1) is 11.3 Å². The SMILES string of the molecule is N#CCCCCN1CC(O)CC1C(=O)O. The van der Waals surface area contributed by atoms with Gasteiger partial charge in [-0.15, -0.1) is 0 Å². The molecule has 1 fully saturated rings. The fourth-order valence-corrected chi connectivity index (χ4v) is 1.90. The number of carboxylic acid groups (broad SMARTS) is 1. The summed E-state index contributed by atoms with van der Waals surface area (Å²) in [5.41, 5.74) is 0. The summed E-state index contributed by atoms with van der Waals surface area (Å²) in [6, 6.07) is 1.50. The number of unbranched alkanes of at least 4 members (excludes halogenated alkanes) is 2. The van der Waals surface area contributed by atoms with Crippen LogP contribution in [0.5, 0.6) is 0 Å². The van der Waals surface area contributed by atoms with Gasteiger partial charge in [0.2, 0.25) is 0 Å². The summed E-state index contributed by atoms with van der Waals surface area (Å²) in [6.45, 7) is 1.08. The van der Waals surface area contributed by atoms with Crippen LogP contribution in [-0.4, -0.2) is 46.3 Å². The molecule has 1 rings (SSSR count). The molecule has 1 heterocycles. The maximum Gasteiger partial charge on any atom is 0.321 e. The molecule has 0 saturated carbocycles. The molecule has 0 amide bonds. The van der Waals surface area contributed by atoms with Gasteiger partial charge in [-0.1, -0.05) is 0 Å². The Morgan fingerprint density at radius 2 is 2.27 bits per heavy atom. The summed E-state index contributed by atoms with van der Waals surface area (Å²) >= 11 is 0. The molecule has 2 N–H and O–H groups in total. The highest BCUT2D eigenvalue weighted by atomic mass is 16.4. The smallest absolute Gasteiger partial charge is 0.321 e. The Bertz CT molecular complexity index is 262. The molecule has 0 aromatic rings. The number of rotatable bonds is 5. The molecule has 0 aromatic carbocycles. The van der Waals surface area contributed by atoms with E-state index in [1.165, 1.54) is 0 Å². The maximum absolute atomic E-state index is 10.8. The van der Waals surface area contributed by atoms with Crippen LogP contribution in [0.1, 0.15) is 25.7 Å². The maximum atomic E-state index is 10.8. The molecule has 0 bridgehead atoms. The molecule has 1 aliphatic heterocycles. The summed E-state index contributed by atoms with van der Waals surface area (Å²) in [5.74, 6) is -0.869. The fraction of sp³-hybridized carbons (Fsp3) is 0.800. The van der Waals surface area contributed by atoms with Crippen molar-refractivity contribution < 1.29 is 15.0 Å². The second kappa shape index (κ2) is 5.69. The number of aliphatic hydroxyl groups excluding tert-OH is 1. The van der Waals surface area contributed by atoms with Crippen molar-refractivity contribution in [2.24, 2.45) is 0 Å². The zero-order valence-corrected chi connectivity index (χ0v) is 8.59. The predicted molar refractivity (Wildman–Crippen MR) is 53.1 cm³/mol. The van der Waals surface area contributed by atoms with E-state index in [0.717, 1.165) is 12.8 Å². The molecule has 0 radical (unpaired) electrons. The van der Waals surface area contributed by atoms with Gasteiger partial charge >= 0.3 is 5.97 Å². The second-order valence-corrected chi connectivity index (χ2v) is 3.85. The molecule has 84 valence electrons. The molecular formula is C10H16N2O3. The lowest BCUT2D eigenvalue weighted by Gasteiger charge is -2.19. The number of β-amino-alcohol motifs (C(OH)–C–C–N with tert-alkyl or cyclic N) is 1. The molecule has 1 saturated heterocycles. The number of hydrogen-bond donors (Lipinski definition) is 2. The van der Waals surface area contributed by atoms with Crippen LogP contribution in [0.15, 0.2) is 0 Å². The quantitative estimate of drug-likeness (QED) is 0.636. The van der Waals surface area contributed by atoms with E-state index in [1.807, 2.05) is 0 Å². The third-order valence-corrected chi connectivity index (χ3v) is 2.65. The van der Waals surface area contributed by atoms with Gasteiger partial charge in [-0.3, -0.25) is 9.69 Å². The van der Waals surface area contributed by atoms with E-state index in [9.17, 15) is 9.90 Å². The monoisotopic (exact) mass is 212 g/mol. The number of nitriles is 1. The number of carboxylic acids is 1. The van der Waals surface area contributed by atoms with Crippen LogP contribution < -0.4 is 0 Å². The molecule has 2 unspecified atom stereocenters. The van der Waals surface area contributed by atoms with Gasteiger partial charge in [0.1, 0.15) is 6.04 Å². The summed E-state index contributed by atoms with van der Waals surface area (Å²) in [6.07, 6.45) is 1.89. The molecule has 0 aromatic heterocycles. The summed E-state index contributed by atoms with van der Waals surface area (Å²) in [5, 5.41) is 26.6. The van der Waals surface area contributed by atoms with Gasteiger partial charge in [0.15, 0.2) is 0 Å². The minimum Gasteiger partial charge on any atom is -0.480 e. The van der Waals surface area contributed by atoms with Crippen LogP contribution in [0.3, 0.4) is 0 Å². The lowest BCUT2D eigenvalue weighted by atomic mass is 10.2. The molecule has 5 heteroatoms. The number of nitrogens with zero attached hydrogens (tertiary/aromatic N) is 2. The van der Waals surface area contributed by atoms with Gasteiger partial charge in [0, 0.05) is 19.4 Å². The van der Waals surface area contributed by atoms with Crippen molar-refractivity contribution in [1.29, 1.82) is 5.26 Å². The Balaban J connectivity index is 2.33. The fourth-order valence-electron chi connectivity index (χ4n) is 1.90. The molecule has 0 aliphatic carbocycles. The Hall–Kier alpha value is -1.12. The van der Waals surface area contributed by atoms with Gasteiger partial charge in [-0.2, -0.15) is 5.26 Å². The Morgan fingerprint density at radius 3 is 2.87 bits per heavy atom. The van der Waals surface area contributed by atoms with Crippen LogP contribution in [0.2, 0.25) is 0 Å². The van der Waals surface area contributed by atoms with E-state index >= 15 is 0 Å². The average Bonchev–Trinajstić information content (AvgIpc) is 2.55. The minimum absolute atomic E-state index is 0.313. The normalized spacial score (nSPS) is 26.4. The van der Waals surface area contributed by atoms with E-state index in [1.54, 1.807) is 4.90 Å². The average molecular weight is 212 g/mol. The molecule has 2 atom stereocenters. The van der Waals surface area contributed by atoms with Crippen LogP contribution in [0.25, 0.3) is 0 Å². The van der Waals surface area contributed by atoms with Crippen LogP contribution in [0.4, 0.5) is 0 Å². The highest BCUT2D eigenvalue weighted by Crippen LogP contribution is 2.18. The first-order valence-corrected chi connectivity index (χ1v) is 5.17. The number of likely N-dealkylation sites (tertiary alicyclic amines) is 1. The van der Waals surface area contributed by atoms with E-state index in [2.05, 4.69) is 6.07 Å². The highest BCUT2D eigenvalue weighted by molar-refractivity contribution is 5.74. The highest BCUT2D eigenvalue weighted by Gasteiger charge is 2.35. The summed E-state index contributed by atoms with van der Waals surface area (Å²) < 4.78 is 0. The third kappa shape index (κ3) is 3.50. The number of carbonyl (C=O) groups is 1. The van der Waals surface area contributed by atoms with Gasteiger partial charge in [-0.25, -0.2) is 0 Å². The molecule has 5 nitrogen and oxygen atoms in total. The van der Waals surface area contributed by atoms with E-state index in [-0.39, 0.29) is 0 Å². The minimum atomic E-state index is -0.869. The standard InChI is InChI=1S/C10H16N2O3/c11-4-2-1-3-5-12-7-8(13)6-9(12)10(14)15/h8-9,13H,1-3,5-7H2,(H,14,15). The number of aliphatic hydroxyl groups is 1. The summed E-state index contributed by atoms with van der Waals surface area (Å²) in [7, 11) is 0. The van der Waals surface area contributed by atoms with Crippen molar-refractivity contribution in [2.45, 2.75) is 37.8 Å². The zero-order chi connectivity index (χ0) is 11.3. The Labute approximate surface area is 88.9 Å². The van der Waals surface area contributed by atoms with E-state index in [4.69, 9.17) is 10.4 Å². The molecular weight excluding hydrogens is 196 g/mol. The van der Waals surface area contributed by atoms with Crippen LogP contribution >= 0.6 is 0 Å². The van der Waals surface area contributed by atoms with Crippen molar-refractivity contribution >= 4 is 5.97 Å². The Morgan fingerprint density at radius 1 is 1.53 bits per heavy atom. The molecule has 0 spiro atoms. The predicted octanol–water partition coefficient (Wildman–Crippen LogP) is 0.200. The van der Waals surface area contributed by atoms with Crippen molar-refractivity contribution in [3.05, 3.63) is 0 Å². The van der Waals surface area contributed by atoms with Gasteiger partial charge in [0.05, 0.1) is 12.2 Å². The largest absolute Gasteiger partial charge is 0.480 e. The first kappa shape index (κ1) is 12.0. The molecule has 1 aliphatic rings. The Kier molecular flexibility index (Phi) is 4.53. The van der Waals surface area contributed by atoms with Gasteiger partial charge in [0.25, 0.3) is 0 Å². The lowest BCUT2D eigenvalue weighted by molar-refractivity contribution is -0.142. The number of hydrogen-bond acceptors (Lipinski definition) is 4. The second-order valence-electron chi connectivity index (χ2n) is 3.85. The van der Waals surface area contributed by atoms with Crippen molar-refractivity contribution in [2.75, 3.05) is 13.1 Å². The van der Waals surface area contributed by atoms with Gasteiger partial charge < -0.3 is 10.2 Å². The lowest BCUT2D eigenvalue weighted by Crippen LogP contribution is -2.36. The summed E-state index contributed by atoms with van der Waals surface area (Å²) in [4.78, 5) is 12.6. The van der Waals surface area contributed by atoms with E-state index in [0.29, 0.717) is 25.9 Å². The van der Waals surface area contributed by atoms with Crippen LogP contribution in [-0.2, 0) is 4.79 Å². The van der Waals surface area contributed by atoms with E-state index < -0.39 is 18.1 Å². The van der Waals surface area contributed by atoms with Gasteiger partial charge in [-0.05, 0) is 19.4 Å². The molecule has 15 heavy (non-hydrogen) atoms. The topological polar surface area (TPSA) is 84.6 Å². The van der Waals surface area contributed by atoms with Crippen molar-refractivity contribution in [3.8, 4) is 6.07 Å². The first-order valence-electron chi connectivity index (χ1n) is 5.17. The zero-order valence-electron chi connectivity index (χ0n) is 8.59. The van der Waals surface area contributed by atoms with Crippen molar-refractivity contribution in [1.82, 2.24) is 4.90 Å².